The third kappa shape index (κ3) is 3.48. The van der Waals surface area contributed by atoms with E-state index < -0.39 is 0 Å². The van der Waals surface area contributed by atoms with Crippen LogP contribution < -0.4 is 5.32 Å². The molecule has 2 heteroatoms. The molecule has 0 spiro atoms. The normalized spacial score (nSPS) is 12.5. The highest BCUT2D eigenvalue weighted by Gasteiger charge is 2.10. The van der Waals surface area contributed by atoms with Gasteiger partial charge in [0.2, 0.25) is 0 Å². The number of likely N-dealkylation sites (N-methyl/N-ethyl adjacent to an activating group) is 1. The number of hydrogen-bond donors (Lipinski definition) is 1. The minimum absolute atomic E-state index is 0.0594. The second-order valence-electron chi connectivity index (χ2n) is 3.82. The number of benzene rings is 1. The van der Waals surface area contributed by atoms with Crippen molar-refractivity contribution in [2.45, 2.75) is 32.7 Å². The number of Topliss-reactive ketones (excluding diaryl/α,β-unsaturated/α-hetero) is 1. The van der Waals surface area contributed by atoms with Crippen molar-refractivity contribution in [3.63, 3.8) is 0 Å². The zero-order valence-electron chi connectivity index (χ0n) is 9.71. The molecule has 1 N–H and O–H groups in total. The standard InChI is InChI=1S/C13H19NO/c1-4-11-5-7-12(8-6-11)9-13(15)10(2)14-3/h5-8,10,14H,4,9H2,1-3H3. The summed E-state index contributed by atoms with van der Waals surface area (Å²) in [6.07, 6.45) is 1.56. The van der Waals surface area contributed by atoms with Crippen LogP contribution in [0.1, 0.15) is 25.0 Å². The number of ketones is 1. The fourth-order valence-corrected chi connectivity index (χ4v) is 1.41. The van der Waals surface area contributed by atoms with Gasteiger partial charge < -0.3 is 5.32 Å². The van der Waals surface area contributed by atoms with Crippen molar-refractivity contribution in [1.82, 2.24) is 5.32 Å². The average molecular weight is 205 g/mol. The molecule has 0 bridgehead atoms. The molecule has 0 radical (unpaired) electrons. The van der Waals surface area contributed by atoms with E-state index in [0.29, 0.717) is 6.42 Å². The van der Waals surface area contributed by atoms with Gasteiger partial charge in [0.05, 0.1) is 6.04 Å². The fraction of sp³-hybridized carbons (Fsp3) is 0.462. The molecule has 0 saturated carbocycles. The summed E-state index contributed by atoms with van der Waals surface area (Å²) >= 11 is 0. The summed E-state index contributed by atoms with van der Waals surface area (Å²) in [6, 6.07) is 8.20. The smallest absolute Gasteiger partial charge is 0.153 e. The number of nitrogens with one attached hydrogen (secondary N) is 1. The van der Waals surface area contributed by atoms with Gasteiger partial charge >= 0.3 is 0 Å². The lowest BCUT2D eigenvalue weighted by molar-refractivity contribution is -0.119. The molecule has 2 nitrogen and oxygen atoms in total. The Hall–Kier alpha value is -1.15. The van der Waals surface area contributed by atoms with Gasteiger partial charge in [-0.2, -0.15) is 0 Å². The second-order valence-corrected chi connectivity index (χ2v) is 3.82. The van der Waals surface area contributed by atoms with E-state index in [1.807, 2.05) is 26.1 Å². The first-order valence-electron chi connectivity index (χ1n) is 5.45. The van der Waals surface area contributed by atoms with Crippen molar-refractivity contribution in [3.8, 4) is 0 Å². The van der Waals surface area contributed by atoms with Gasteiger partial charge in [-0.1, -0.05) is 31.2 Å². The van der Waals surface area contributed by atoms with Crippen LogP contribution in [0.2, 0.25) is 0 Å². The number of rotatable bonds is 5. The largest absolute Gasteiger partial charge is 0.311 e. The van der Waals surface area contributed by atoms with Crippen LogP contribution in [0.4, 0.5) is 0 Å². The van der Waals surface area contributed by atoms with Crippen LogP contribution in [0.5, 0.6) is 0 Å². The summed E-state index contributed by atoms with van der Waals surface area (Å²) in [4.78, 5) is 11.6. The first kappa shape index (κ1) is 11.9. The second kappa shape index (κ2) is 5.66. The van der Waals surface area contributed by atoms with Gasteiger partial charge in [-0.3, -0.25) is 4.79 Å². The maximum Gasteiger partial charge on any atom is 0.153 e. The van der Waals surface area contributed by atoms with Crippen molar-refractivity contribution >= 4 is 5.78 Å². The molecule has 0 aliphatic carbocycles. The highest BCUT2D eigenvalue weighted by atomic mass is 16.1. The Bertz CT molecular complexity index is 316. The van der Waals surface area contributed by atoms with Gasteiger partial charge in [0, 0.05) is 6.42 Å². The van der Waals surface area contributed by atoms with E-state index in [1.165, 1.54) is 5.56 Å². The predicted octanol–water partition coefficient (Wildman–Crippen LogP) is 1.97. The highest BCUT2D eigenvalue weighted by molar-refractivity contribution is 5.85. The van der Waals surface area contributed by atoms with Crippen LogP contribution in [0, 0.1) is 0 Å². The molecule has 0 amide bonds. The summed E-state index contributed by atoms with van der Waals surface area (Å²) in [5.41, 5.74) is 2.41. The Morgan fingerprint density at radius 2 is 1.80 bits per heavy atom. The minimum atomic E-state index is -0.0594. The zero-order chi connectivity index (χ0) is 11.3. The first-order chi connectivity index (χ1) is 7.17. The molecule has 1 aromatic rings. The molecule has 15 heavy (non-hydrogen) atoms. The predicted molar refractivity (Wildman–Crippen MR) is 63.1 cm³/mol. The molecule has 1 rings (SSSR count). The van der Waals surface area contributed by atoms with E-state index in [9.17, 15) is 4.79 Å². The molecule has 0 heterocycles. The van der Waals surface area contributed by atoms with Crippen molar-refractivity contribution in [2.75, 3.05) is 7.05 Å². The molecule has 0 aromatic heterocycles. The van der Waals surface area contributed by atoms with Crippen molar-refractivity contribution < 1.29 is 4.79 Å². The average Bonchev–Trinajstić information content (AvgIpc) is 2.29. The van der Waals surface area contributed by atoms with E-state index in [4.69, 9.17) is 0 Å². The Morgan fingerprint density at radius 1 is 1.27 bits per heavy atom. The van der Waals surface area contributed by atoms with E-state index in [2.05, 4.69) is 24.4 Å². The van der Waals surface area contributed by atoms with Gasteiger partial charge in [-0.15, -0.1) is 0 Å². The summed E-state index contributed by atoms with van der Waals surface area (Å²) in [5, 5.41) is 2.96. The highest BCUT2D eigenvalue weighted by Crippen LogP contribution is 2.06. The Kier molecular flexibility index (Phi) is 4.50. The first-order valence-corrected chi connectivity index (χ1v) is 5.45. The van der Waals surface area contributed by atoms with Gasteiger partial charge in [0.25, 0.3) is 0 Å². The van der Waals surface area contributed by atoms with E-state index >= 15 is 0 Å². The topological polar surface area (TPSA) is 29.1 Å². The van der Waals surface area contributed by atoms with E-state index in [-0.39, 0.29) is 11.8 Å². The van der Waals surface area contributed by atoms with Crippen LogP contribution >= 0.6 is 0 Å². The third-order valence-corrected chi connectivity index (χ3v) is 2.73. The monoisotopic (exact) mass is 205 g/mol. The molecular formula is C13H19NO. The van der Waals surface area contributed by atoms with Crippen LogP contribution in [-0.2, 0) is 17.6 Å². The maximum absolute atomic E-state index is 11.6. The summed E-state index contributed by atoms with van der Waals surface area (Å²) < 4.78 is 0. The molecule has 1 aromatic carbocycles. The molecule has 0 saturated heterocycles. The number of carbonyl (C=O) groups excluding carboxylic acids is 1. The van der Waals surface area contributed by atoms with E-state index in [1.54, 1.807) is 0 Å². The number of hydrogen-bond acceptors (Lipinski definition) is 2. The van der Waals surface area contributed by atoms with Crippen molar-refractivity contribution in [1.29, 1.82) is 0 Å². The van der Waals surface area contributed by atoms with Crippen LogP contribution in [0.15, 0.2) is 24.3 Å². The molecule has 0 aliphatic heterocycles. The van der Waals surface area contributed by atoms with Crippen LogP contribution in [-0.4, -0.2) is 18.9 Å². The number of aryl methyl sites for hydroxylation is 1. The Balaban J connectivity index is 2.61. The van der Waals surface area contributed by atoms with Gasteiger partial charge in [-0.05, 0) is 31.5 Å². The summed E-state index contributed by atoms with van der Waals surface area (Å²) in [6.45, 7) is 4.02. The third-order valence-electron chi connectivity index (χ3n) is 2.73. The molecule has 0 fully saturated rings. The quantitative estimate of drug-likeness (QED) is 0.796. The van der Waals surface area contributed by atoms with Gasteiger partial charge in [0.15, 0.2) is 5.78 Å². The molecule has 82 valence electrons. The van der Waals surface area contributed by atoms with Crippen LogP contribution in [0.25, 0.3) is 0 Å². The lowest BCUT2D eigenvalue weighted by Gasteiger charge is -2.08. The molecule has 0 aliphatic rings. The van der Waals surface area contributed by atoms with Gasteiger partial charge in [0.1, 0.15) is 0 Å². The fourth-order valence-electron chi connectivity index (χ4n) is 1.41. The zero-order valence-corrected chi connectivity index (χ0v) is 9.71. The Morgan fingerprint density at radius 3 is 2.27 bits per heavy atom. The number of carbonyl (C=O) groups is 1. The van der Waals surface area contributed by atoms with Crippen molar-refractivity contribution in [2.24, 2.45) is 0 Å². The summed E-state index contributed by atoms with van der Waals surface area (Å²) in [5.74, 6) is 0.238. The van der Waals surface area contributed by atoms with Crippen molar-refractivity contribution in [3.05, 3.63) is 35.4 Å². The SMILES string of the molecule is CCc1ccc(CC(=O)C(C)NC)cc1. The lowest BCUT2D eigenvalue weighted by atomic mass is 10.0. The minimum Gasteiger partial charge on any atom is -0.311 e. The molecule has 1 atom stereocenters. The maximum atomic E-state index is 11.6. The summed E-state index contributed by atoms with van der Waals surface area (Å²) in [7, 11) is 1.81. The lowest BCUT2D eigenvalue weighted by Crippen LogP contribution is -2.31. The molecular weight excluding hydrogens is 186 g/mol. The molecule has 1 unspecified atom stereocenters. The van der Waals surface area contributed by atoms with Crippen LogP contribution in [0.3, 0.4) is 0 Å². The van der Waals surface area contributed by atoms with Gasteiger partial charge in [-0.25, -0.2) is 0 Å². The van der Waals surface area contributed by atoms with E-state index in [0.717, 1.165) is 12.0 Å². The Labute approximate surface area is 91.7 Å².